The van der Waals surface area contributed by atoms with Gasteiger partial charge < -0.3 is 23.8 Å². The quantitative estimate of drug-likeness (QED) is 0.0325. The van der Waals surface area contributed by atoms with Crippen LogP contribution in [0, 0.1) is 0 Å². The molecule has 280 valence electrons. The van der Waals surface area contributed by atoms with E-state index < -0.39 is 18.1 Å². The number of carboxylic acid groups (broad SMARTS) is 1. The molecule has 0 heterocycles. The smallest absolute Gasteiger partial charge is 0.362 e. The maximum absolute atomic E-state index is 12.6. The van der Waals surface area contributed by atoms with Crippen LogP contribution in [0.15, 0.2) is 60.8 Å². The lowest BCUT2D eigenvalue weighted by atomic mass is 10.1. The molecule has 0 aliphatic heterocycles. The second-order valence-electron chi connectivity index (χ2n) is 13.4. The molecule has 0 radical (unpaired) electrons. The lowest BCUT2D eigenvalue weighted by Crippen LogP contribution is -2.50. The average Bonchev–Trinajstić information content (AvgIpc) is 3.05. The van der Waals surface area contributed by atoms with Gasteiger partial charge >= 0.3 is 17.9 Å². The van der Waals surface area contributed by atoms with Gasteiger partial charge in [-0.3, -0.25) is 9.59 Å². The number of carboxylic acids is 1. The first-order valence-electron chi connectivity index (χ1n) is 18.8. The van der Waals surface area contributed by atoms with Crippen molar-refractivity contribution in [2.75, 3.05) is 41.0 Å². The summed E-state index contributed by atoms with van der Waals surface area (Å²) in [6.45, 7) is 4.42. The highest BCUT2D eigenvalue weighted by Crippen LogP contribution is 2.12. The maximum Gasteiger partial charge on any atom is 0.362 e. The summed E-state index contributed by atoms with van der Waals surface area (Å²) in [4.78, 5) is 36.7. The standard InChI is InChI=1S/C41H69NO7/c1-6-8-10-12-14-16-18-19-20-22-24-26-28-30-32-40(44)49-37(35-47-34-33-38(41(45)46)42(3,4)5)36-48-39(43)31-29-27-25-23-21-17-15-13-11-9-7-2/h8-11,14-17,23,25,37-38H,6-7,12-13,18-22,24,26-36H2,1-5H3/p+1/b10-8+,11-9+,16-14+,17-15+,25-23+. The number of carbonyl (C=O) groups excluding carboxylic acids is 2. The van der Waals surface area contributed by atoms with Gasteiger partial charge in [0.05, 0.1) is 34.4 Å². The van der Waals surface area contributed by atoms with Crippen molar-refractivity contribution >= 4 is 17.9 Å². The van der Waals surface area contributed by atoms with E-state index in [1.807, 2.05) is 21.1 Å². The van der Waals surface area contributed by atoms with Crippen molar-refractivity contribution in [3.05, 3.63) is 60.8 Å². The minimum absolute atomic E-state index is 0.0393. The Morgan fingerprint density at radius 1 is 0.612 bits per heavy atom. The Morgan fingerprint density at radius 3 is 1.65 bits per heavy atom. The van der Waals surface area contributed by atoms with E-state index in [-0.39, 0.29) is 42.7 Å². The van der Waals surface area contributed by atoms with Gasteiger partial charge in [-0.1, -0.05) is 107 Å². The van der Waals surface area contributed by atoms with Crippen LogP contribution in [0.1, 0.15) is 129 Å². The van der Waals surface area contributed by atoms with Gasteiger partial charge in [0.25, 0.3) is 0 Å². The molecular weight excluding hydrogens is 618 g/mol. The van der Waals surface area contributed by atoms with E-state index >= 15 is 0 Å². The monoisotopic (exact) mass is 689 g/mol. The zero-order valence-corrected chi connectivity index (χ0v) is 31.6. The average molecular weight is 689 g/mol. The fourth-order valence-corrected chi connectivity index (χ4v) is 5.03. The fraction of sp³-hybridized carbons (Fsp3) is 0.683. The van der Waals surface area contributed by atoms with Crippen molar-refractivity contribution in [3.63, 3.8) is 0 Å². The number of rotatable bonds is 32. The van der Waals surface area contributed by atoms with Gasteiger partial charge in [-0.2, -0.15) is 0 Å². The van der Waals surface area contributed by atoms with Crippen LogP contribution in [-0.2, 0) is 28.6 Å². The molecule has 0 aliphatic rings. The second-order valence-corrected chi connectivity index (χ2v) is 13.4. The zero-order valence-electron chi connectivity index (χ0n) is 31.6. The van der Waals surface area contributed by atoms with E-state index in [0.29, 0.717) is 19.3 Å². The Bertz CT molecular complexity index is 990. The van der Waals surface area contributed by atoms with Crippen LogP contribution in [0.3, 0.4) is 0 Å². The summed E-state index contributed by atoms with van der Waals surface area (Å²) in [7, 11) is 5.49. The minimum atomic E-state index is -0.887. The van der Waals surface area contributed by atoms with Crippen molar-refractivity contribution in [1.29, 1.82) is 0 Å². The van der Waals surface area contributed by atoms with Crippen LogP contribution in [0.2, 0.25) is 0 Å². The molecule has 0 rings (SSSR count). The van der Waals surface area contributed by atoms with E-state index in [0.717, 1.165) is 64.2 Å². The van der Waals surface area contributed by atoms with Crippen LogP contribution < -0.4 is 0 Å². The Labute approximate surface area is 298 Å². The van der Waals surface area contributed by atoms with E-state index in [1.165, 1.54) is 25.7 Å². The maximum atomic E-state index is 12.6. The molecule has 49 heavy (non-hydrogen) atoms. The van der Waals surface area contributed by atoms with Gasteiger partial charge in [0.1, 0.15) is 6.61 Å². The van der Waals surface area contributed by atoms with E-state index in [1.54, 1.807) is 0 Å². The Kier molecular flexibility index (Phi) is 30.3. The Morgan fingerprint density at radius 2 is 1.10 bits per heavy atom. The third-order valence-electron chi connectivity index (χ3n) is 7.91. The minimum Gasteiger partial charge on any atom is -0.477 e. The summed E-state index contributed by atoms with van der Waals surface area (Å²) in [5.74, 6) is -1.56. The number of hydrogen-bond acceptors (Lipinski definition) is 6. The molecule has 0 saturated heterocycles. The Balaban J connectivity index is 4.51. The number of carbonyl (C=O) groups is 3. The molecule has 0 aliphatic carbocycles. The largest absolute Gasteiger partial charge is 0.477 e. The molecule has 0 aromatic carbocycles. The van der Waals surface area contributed by atoms with Gasteiger partial charge in [-0.25, -0.2) is 4.79 Å². The van der Waals surface area contributed by atoms with E-state index in [2.05, 4.69) is 74.6 Å². The highest BCUT2D eigenvalue weighted by molar-refractivity contribution is 5.72. The predicted octanol–water partition coefficient (Wildman–Crippen LogP) is 9.46. The predicted molar refractivity (Wildman–Crippen MR) is 201 cm³/mol. The molecule has 8 nitrogen and oxygen atoms in total. The van der Waals surface area contributed by atoms with Crippen molar-refractivity contribution in [1.82, 2.24) is 0 Å². The summed E-state index contributed by atoms with van der Waals surface area (Å²) < 4.78 is 17.1. The molecule has 0 bridgehead atoms. The first-order valence-corrected chi connectivity index (χ1v) is 18.8. The molecule has 2 unspecified atom stereocenters. The summed E-state index contributed by atoms with van der Waals surface area (Å²) in [6, 6.07) is -0.623. The second kappa shape index (κ2) is 32.2. The molecule has 8 heteroatoms. The molecular formula is C41H70NO7+. The fourth-order valence-electron chi connectivity index (χ4n) is 5.03. The molecule has 1 N–H and O–H groups in total. The number of esters is 2. The SMILES string of the molecule is CC/C=C/C/C=C/C/C=C/CCCC(=O)OCC(COCCC(C(=O)O)[N+](C)(C)C)OC(=O)CCCCCCCCC/C=C/C/C=C/CC. The van der Waals surface area contributed by atoms with Crippen LogP contribution >= 0.6 is 0 Å². The van der Waals surface area contributed by atoms with Crippen LogP contribution in [0.5, 0.6) is 0 Å². The van der Waals surface area contributed by atoms with Crippen molar-refractivity contribution < 1.29 is 38.2 Å². The number of allylic oxidation sites excluding steroid dienone is 10. The number of unbranched alkanes of at least 4 members (excludes halogenated alkanes) is 8. The zero-order chi connectivity index (χ0) is 36.4. The lowest BCUT2D eigenvalue weighted by molar-refractivity contribution is -0.887. The van der Waals surface area contributed by atoms with Crippen LogP contribution in [0.25, 0.3) is 0 Å². The molecule has 2 atom stereocenters. The van der Waals surface area contributed by atoms with Gasteiger partial charge in [0, 0.05) is 19.3 Å². The first-order chi connectivity index (χ1) is 23.6. The number of quaternary nitrogens is 1. The highest BCUT2D eigenvalue weighted by atomic mass is 16.6. The molecule has 0 aromatic rings. The molecule has 0 saturated carbocycles. The number of likely N-dealkylation sites (N-methyl/N-ethyl adjacent to an activating group) is 1. The van der Waals surface area contributed by atoms with Gasteiger partial charge in [0.2, 0.25) is 0 Å². The third-order valence-corrected chi connectivity index (χ3v) is 7.91. The van der Waals surface area contributed by atoms with Gasteiger partial charge in [0.15, 0.2) is 12.1 Å². The van der Waals surface area contributed by atoms with E-state index in [4.69, 9.17) is 14.2 Å². The summed E-state index contributed by atoms with van der Waals surface area (Å²) >= 11 is 0. The number of ether oxygens (including phenoxy) is 3. The number of aliphatic carboxylic acids is 1. The van der Waals surface area contributed by atoms with Crippen LogP contribution in [-0.4, -0.2) is 80.6 Å². The van der Waals surface area contributed by atoms with E-state index in [9.17, 15) is 19.5 Å². The van der Waals surface area contributed by atoms with Gasteiger partial charge in [-0.05, 0) is 64.2 Å². The third kappa shape index (κ3) is 30.8. The number of hydrogen-bond donors (Lipinski definition) is 1. The summed E-state index contributed by atoms with van der Waals surface area (Å²) in [5.41, 5.74) is 0. The Hall–Kier alpha value is -2.97. The molecule has 0 aromatic heterocycles. The number of nitrogens with zero attached hydrogens (tertiary/aromatic N) is 1. The van der Waals surface area contributed by atoms with Gasteiger partial charge in [-0.15, -0.1) is 0 Å². The topological polar surface area (TPSA) is 99.1 Å². The van der Waals surface area contributed by atoms with Crippen molar-refractivity contribution in [2.24, 2.45) is 0 Å². The van der Waals surface area contributed by atoms with Crippen molar-refractivity contribution in [2.45, 2.75) is 142 Å². The van der Waals surface area contributed by atoms with Crippen LogP contribution in [0.4, 0.5) is 0 Å². The highest BCUT2D eigenvalue weighted by Gasteiger charge is 2.31. The molecule has 0 fully saturated rings. The molecule has 0 spiro atoms. The summed E-state index contributed by atoms with van der Waals surface area (Å²) in [6.07, 6.45) is 37.0. The summed E-state index contributed by atoms with van der Waals surface area (Å²) in [5, 5.41) is 9.57. The lowest BCUT2D eigenvalue weighted by Gasteiger charge is -2.31. The first kappa shape index (κ1) is 46.0. The normalized spacial score (nSPS) is 13.7. The van der Waals surface area contributed by atoms with Crippen molar-refractivity contribution in [3.8, 4) is 0 Å². The molecule has 0 amide bonds.